The second-order valence-electron chi connectivity index (χ2n) is 15.8. The number of aromatic nitrogens is 4. The second-order valence-corrected chi connectivity index (χ2v) is 15.8. The van der Waals surface area contributed by atoms with Crippen molar-refractivity contribution in [3.63, 3.8) is 0 Å². The Morgan fingerprint density at radius 3 is 1.88 bits per heavy atom. The van der Waals surface area contributed by atoms with Gasteiger partial charge in [0.15, 0.2) is 0 Å². The van der Waals surface area contributed by atoms with E-state index in [2.05, 4.69) is 205 Å². The largest absolute Gasteiger partial charge is 0.309 e. The van der Waals surface area contributed by atoms with E-state index in [-0.39, 0.29) is 5.41 Å². The maximum absolute atomic E-state index is 5.79. The number of para-hydroxylation sites is 3. The zero-order chi connectivity index (χ0) is 37.8. The van der Waals surface area contributed by atoms with Gasteiger partial charge in [0.1, 0.15) is 0 Å². The first-order chi connectivity index (χ1) is 28.0. The van der Waals surface area contributed by atoms with Gasteiger partial charge in [-0.15, -0.1) is 0 Å². The van der Waals surface area contributed by atoms with Gasteiger partial charge in [-0.3, -0.25) is 4.57 Å². The number of nitrogens with zero attached hydrogens (tertiary/aromatic N) is 4. The molecule has 3 aromatic heterocycles. The smallest absolute Gasteiger partial charge is 0.235 e. The van der Waals surface area contributed by atoms with Crippen LogP contribution in [0.15, 0.2) is 182 Å². The molecule has 0 amide bonds. The molecular weight excluding hydrogens is 693 g/mol. The van der Waals surface area contributed by atoms with Crippen molar-refractivity contribution < 1.29 is 0 Å². The molecule has 4 nitrogen and oxygen atoms in total. The maximum atomic E-state index is 5.79. The highest BCUT2D eigenvalue weighted by Crippen LogP contribution is 2.53. The summed E-state index contributed by atoms with van der Waals surface area (Å²) in [5, 5.41) is 7.16. The molecule has 3 heterocycles. The first-order valence-corrected chi connectivity index (χ1v) is 19.7. The predicted octanol–water partition coefficient (Wildman–Crippen LogP) is 13.5. The maximum Gasteiger partial charge on any atom is 0.235 e. The summed E-state index contributed by atoms with van der Waals surface area (Å²) in [6, 6.07) is 65.7. The Hall–Kier alpha value is -7.30. The van der Waals surface area contributed by atoms with Crippen molar-refractivity contribution in [2.45, 2.75) is 19.3 Å². The Morgan fingerprint density at radius 2 is 1.09 bits per heavy atom. The Bertz CT molecular complexity index is 3420. The molecule has 0 saturated heterocycles. The predicted molar refractivity (Wildman–Crippen MR) is 237 cm³/mol. The number of hydrogen-bond acceptors (Lipinski definition) is 2. The molecule has 57 heavy (non-hydrogen) atoms. The van der Waals surface area contributed by atoms with Crippen molar-refractivity contribution in [1.29, 1.82) is 0 Å². The van der Waals surface area contributed by atoms with Gasteiger partial charge < -0.3 is 4.57 Å². The third-order valence-electron chi connectivity index (χ3n) is 12.3. The Morgan fingerprint density at radius 1 is 0.439 bits per heavy atom. The van der Waals surface area contributed by atoms with Gasteiger partial charge in [0.05, 0.1) is 33.5 Å². The molecule has 0 N–H and O–H groups in total. The van der Waals surface area contributed by atoms with E-state index in [1.54, 1.807) is 0 Å². The molecule has 0 radical (unpaired) electrons. The Balaban J connectivity index is 1.23. The minimum absolute atomic E-state index is 0.385. The summed E-state index contributed by atoms with van der Waals surface area (Å²) in [6.45, 7) is 4.64. The molecule has 4 heteroatoms. The summed E-state index contributed by atoms with van der Waals surface area (Å²) in [5.41, 5.74) is 14.3. The average Bonchev–Trinajstić information content (AvgIpc) is 3.85. The molecule has 0 spiro atoms. The lowest BCUT2D eigenvalue weighted by molar-refractivity contribution is 0.632. The summed E-state index contributed by atoms with van der Waals surface area (Å²) >= 11 is 0. The van der Waals surface area contributed by atoms with Crippen molar-refractivity contribution in [3.05, 3.63) is 193 Å². The third-order valence-corrected chi connectivity index (χ3v) is 12.3. The first-order valence-electron chi connectivity index (χ1n) is 19.7. The number of fused-ring (bicyclic) bond motifs is 10. The second kappa shape index (κ2) is 11.8. The minimum atomic E-state index is -0.385. The number of rotatable bonds is 4. The molecule has 1 aliphatic carbocycles. The molecule has 268 valence electrons. The quantitative estimate of drug-likeness (QED) is 0.181. The standard InChI is InChI=1S/C53H36N4/c1-53(2)43-29-28-36(33-16-5-3-6-17-33)31-42(43)49-50(40-24-15-27-46-48(40)39-23-12-14-26-45(39)56(46)37-20-7-4-8-21-37)54-52(55-51(49)53)57-44-25-13-11-22-38(44)41-30-34-18-9-10-19-35(34)32-47(41)57/h3-32H,1-2H3. The van der Waals surface area contributed by atoms with Crippen molar-refractivity contribution in [1.82, 2.24) is 19.1 Å². The molecular formula is C53H36N4. The highest BCUT2D eigenvalue weighted by Gasteiger charge is 2.41. The van der Waals surface area contributed by atoms with E-state index in [0.29, 0.717) is 5.95 Å². The molecule has 0 atom stereocenters. The van der Waals surface area contributed by atoms with Crippen LogP contribution in [0.2, 0.25) is 0 Å². The number of hydrogen-bond donors (Lipinski definition) is 0. The molecule has 1 aliphatic rings. The van der Waals surface area contributed by atoms with Gasteiger partial charge >= 0.3 is 0 Å². The van der Waals surface area contributed by atoms with Crippen LogP contribution in [-0.2, 0) is 5.41 Å². The lowest BCUT2D eigenvalue weighted by atomic mass is 9.84. The van der Waals surface area contributed by atoms with Crippen LogP contribution in [0.3, 0.4) is 0 Å². The molecule has 0 bridgehead atoms. The fraction of sp³-hybridized carbons (Fsp3) is 0.0566. The van der Waals surface area contributed by atoms with Crippen molar-refractivity contribution in [2.24, 2.45) is 0 Å². The van der Waals surface area contributed by atoms with Crippen LogP contribution in [0.25, 0.3) is 99.5 Å². The van der Waals surface area contributed by atoms with E-state index in [9.17, 15) is 0 Å². The van der Waals surface area contributed by atoms with Crippen molar-refractivity contribution in [2.75, 3.05) is 0 Å². The van der Waals surface area contributed by atoms with E-state index in [1.807, 2.05) is 0 Å². The van der Waals surface area contributed by atoms with Gasteiger partial charge in [0.25, 0.3) is 0 Å². The van der Waals surface area contributed by atoms with Crippen LogP contribution in [0.4, 0.5) is 0 Å². The molecule has 0 fully saturated rings. The minimum Gasteiger partial charge on any atom is -0.309 e. The molecule has 0 unspecified atom stereocenters. The summed E-state index contributed by atoms with van der Waals surface area (Å²) in [7, 11) is 0. The van der Waals surface area contributed by atoms with Gasteiger partial charge in [-0.1, -0.05) is 147 Å². The van der Waals surface area contributed by atoms with Crippen LogP contribution in [-0.4, -0.2) is 19.1 Å². The zero-order valence-corrected chi connectivity index (χ0v) is 31.6. The molecule has 0 saturated carbocycles. The molecule has 11 aromatic rings. The van der Waals surface area contributed by atoms with Gasteiger partial charge in [0, 0.05) is 43.8 Å². The van der Waals surface area contributed by atoms with Crippen LogP contribution in [0.5, 0.6) is 0 Å². The SMILES string of the molecule is CC1(C)c2ccc(-c3ccccc3)cc2-c2c(-c3cccc4c3c3ccccc3n4-c3ccccc3)nc(-n3c4ccccc4c4cc5ccccc5cc43)nc21. The lowest BCUT2D eigenvalue weighted by Gasteiger charge is -2.22. The number of benzene rings is 8. The van der Waals surface area contributed by atoms with E-state index >= 15 is 0 Å². The normalized spacial score (nSPS) is 13.2. The van der Waals surface area contributed by atoms with Crippen LogP contribution in [0.1, 0.15) is 25.1 Å². The fourth-order valence-corrected chi connectivity index (χ4v) is 9.63. The highest BCUT2D eigenvalue weighted by molar-refractivity contribution is 6.17. The Labute approximate surface area is 329 Å². The van der Waals surface area contributed by atoms with E-state index in [0.717, 1.165) is 44.8 Å². The molecule has 0 aliphatic heterocycles. The van der Waals surface area contributed by atoms with Crippen LogP contribution >= 0.6 is 0 Å². The van der Waals surface area contributed by atoms with E-state index in [4.69, 9.17) is 9.97 Å². The first kappa shape index (κ1) is 32.0. The van der Waals surface area contributed by atoms with Crippen molar-refractivity contribution >= 4 is 54.4 Å². The van der Waals surface area contributed by atoms with Crippen molar-refractivity contribution in [3.8, 4) is 45.1 Å². The summed E-state index contributed by atoms with van der Waals surface area (Å²) in [5.74, 6) is 0.679. The topological polar surface area (TPSA) is 35.6 Å². The summed E-state index contributed by atoms with van der Waals surface area (Å²) in [4.78, 5) is 11.5. The van der Waals surface area contributed by atoms with Gasteiger partial charge in [-0.2, -0.15) is 0 Å². The lowest BCUT2D eigenvalue weighted by Crippen LogP contribution is -2.18. The third kappa shape index (κ3) is 4.55. The van der Waals surface area contributed by atoms with E-state index < -0.39 is 0 Å². The monoisotopic (exact) mass is 728 g/mol. The average molecular weight is 729 g/mol. The summed E-state index contributed by atoms with van der Waals surface area (Å²) < 4.78 is 4.68. The van der Waals surface area contributed by atoms with Crippen LogP contribution < -0.4 is 0 Å². The highest BCUT2D eigenvalue weighted by atomic mass is 15.2. The Kier molecular flexibility index (Phi) is 6.65. The van der Waals surface area contributed by atoms with Crippen LogP contribution in [0, 0.1) is 0 Å². The molecule has 12 rings (SSSR count). The van der Waals surface area contributed by atoms with Gasteiger partial charge in [-0.05, 0) is 81.6 Å². The van der Waals surface area contributed by atoms with Gasteiger partial charge in [-0.25, -0.2) is 9.97 Å². The van der Waals surface area contributed by atoms with E-state index in [1.165, 1.54) is 60.1 Å². The zero-order valence-electron chi connectivity index (χ0n) is 31.6. The molecule has 8 aromatic carbocycles. The van der Waals surface area contributed by atoms with Gasteiger partial charge in [0.2, 0.25) is 5.95 Å². The summed E-state index contributed by atoms with van der Waals surface area (Å²) in [6.07, 6.45) is 0. The fourth-order valence-electron chi connectivity index (χ4n) is 9.63.